The van der Waals surface area contributed by atoms with Crippen molar-refractivity contribution in [2.45, 2.75) is 39.7 Å². The van der Waals surface area contributed by atoms with Crippen molar-refractivity contribution in [1.29, 1.82) is 0 Å². The zero-order valence-corrected chi connectivity index (χ0v) is 19.9. The van der Waals surface area contributed by atoms with Gasteiger partial charge in [-0.05, 0) is 87.5 Å². The molecule has 0 fully saturated rings. The fourth-order valence-electron chi connectivity index (χ4n) is 2.36. The van der Waals surface area contributed by atoms with Crippen LogP contribution >= 0.6 is 31.9 Å². The van der Waals surface area contributed by atoms with Crippen LogP contribution in [-0.2, 0) is 4.79 Å². The topological polar surface area (TPSA) is 76.7 Å². The van der Waals surface area contributed by atoms with Crippen molar-refractivity contribution in [3.8, 4) is 11.5 Å². The molecule has 8 heteroatoms. The average Bonchev–Trinajstić information content (AvgIpc) is 2.66. The van der Waals surface area contributed by atoms with Crippen LogP contribution in [0.25, 0.3) is 0 Å². The van der Waals surface area contributed by atoms with Crippen LogP contribution in [0.1, 0.15) is 49.5 Å². The van der Waals surface area contributed by atoms with Gasteiger partial charge in [-0.3, -0.25) is 20.4 Å². The summed E-state index contributed by atoms with van der Waals surface area (Å²) in [6.45, 7) is 7.80. The molecule has 2 amide bonds. The van der Waals surface area contributed by atoms with Crippen molar-refractivity contribution in [2.75, 3.05) is 6.61 Å². The van der Waals surface area contributed by atoms with Crippen molar-refractivity contribution in [3.05, 3.63) is 56.5 Å². The molecule has 0 heterocycles. The lowest BCUT2D eigenvalue weighted by Crippen LogP contribution is -2.43. The first-order chi connectivity index (χ1) is 13.7. The molecule has 0 unspecified atom stereocenters. The smallest absolute Gasteiger partial charge is 0.276 e. The maximum absolute atomic E-state index is 12.2. The third-order valence-corrected chi connectivity index (χ3v) is 5.09. The van der Waals surface area contributed by atoms with Crippen molar-refractivity contribution >= 4 is 43.7 Å². The first-order valence-corrected chi connectivity index (χ1v) is 10.7. The number of hydrogen-bond acceptors (Lipinski definition) is 4. The largest absolute Gasteiger partial charge is 0.490 e. The van der Waals surface area contributed by atoms with Crippen molar-refractivity contribution in [3.63, 3.8) is 0 Å². The summed E-state index contributed by atoms with van der Waals surface area (Å²) in [5.41, 5.74) is 6.25. The van der Waals surface area contributed by atoms with E-state index in [0.29, 0.717) is 27.5 Å². The van der Waals surface area contributed by atoms with Gasteiger partial charge in [0.15, 0.2) is 6.61 Å². The molecule has 156 valence electrons. The number of carbonyl (C=O) groups is 2. The third kappa shape index (κ3) is 7.04. The summed E-state index contributed by atoms with van der Waals surface area (Å²) in [6.07, 6.45) is 0.0203. The number of ether oxygens (including phenoxy) is 2. The molecule has 0 aliphatic heterocycles. The lowest BCUT2D eigenvalue weighted by molar-refractivity contribution is -0.123. The van der Waals surface area contributed by atoms with Crippen molar-refractivity contribution in [1.82, 2.24) is 10.9 Å². The molecule has 29 heavy (non-hydrogen) atoms. The summed E-state index contributed by atoms with van der Waals surface area (Å²) < 4.78 is 12.6. The normalized spacial score (nSPS) is 10.8. The van der Waals surface area contributed by atoms with Crippen LogP contribution < -0.4 is 20.3 Å². The van der Waals surface area contributed by atoms with Crippen molar-refractivity contribution in [2.24, 2.45) is 0 Å². The number of rotatable bonds is 7. The zero-order valence-electron chi connectivity index (χ0n) is 16.7. The zero-order chi connectivity index (χ0) is 21.6. The molecule has 0 saturated carbocycles. The van der Waals surface area contributed by atoms with E-state index in [2.05, 4.69) is 56.6 Å². The van der Waals surface area contributed by atoms with Gasteiger partial charge in [0, 0.05) is 5.56 Å². The molecule has 0 spiro atoms. The van der Waals surface area contributed by atoms with E-state index in [1.54, 1.807) is 18.2 Å². The molecule has 0 aliphatic carbocycles. The second-order valence-corrected chi connectivity index (χ2v) is 8.66. The van der Waals surface area contributed by atoms with E-state index in [1.807, 2.05) is 32.0 Å². The van der Waals surface area contributed by atoms with Gasteiger partial charge in [-0.1, -0.05) is 19.9 Å². The maximum atomic E-state index is 12.2. The van der Waals surface area contributed by atoms with Crippen LogP contribution in [0.4, 0.5) is 0 Å². The Bertz CT molecular complexity index is 885. The van der Waals surface area contributed by atoms with Crippen LogP contribution in [0.3, 0.4) is 0 Å². The minimum absolute atomic E-state index is 0.0203. The Hall–Kier alpha value is -2.06. The van der Waals surface area contributed by atoms with Gasteiger partial charge in [-0.2, -0.15) is 0 Å². The molecule has 2 aromatic rings. The fraction of sp³-hybridized carbons (Fsp3) is 0.333. The molecule has 6 nitrogen and oxygen atoms in total. The van der Waals surface area contributed by atoms with E-state index in [0.717, 1.165) is 10.0 Å². The first-order valence-electron chi connectivity index (χ1n) is 9.15. The number of amides is 2. The maximum Gasteiger partial charge on any atom is 0.276 e. The van der Waals surface area contributed by atoms with Gasteiger partial charge in [-0.25, -0.2) is 0 Å². The van der Waals surface area contributed by atoms with Crippen LogP contribution in [0, 0.1) is 0 Å². The van der Waals surface area contributed by atoms with Gasteiger partial charge >= 0.3 is 0 Å². The molecule has 2 aromatic carbocycles. The SMILES string of the molecule is CC(C)Oc1ccc(C(=O)NNC(=O)COc2ccc(C(C)C)cc2Br)cc1Br. The highest BCUT2D eigenvalue weighted by Gasteiger charge is 2.12. The highest BCUT2D eigenvalue weighted by atomic mass is 79.9. The van der Waals surface area contributed by atoms with Crippen LogP contribution in [0.5, 0.6) is 11.5 Å². The first kappa shape index (κ1) is 23.2. The highest BCUT2D eigenvalue weighted by molar-refractivity contribution is 9.10. The average molecular weight is 528 g/mol. The number of carbonyl (C=O) groups excluding carboxylic acids is 2. The van der Waals surface area contributed by atoms with Crippen LogP contribution in [0.15, 0.2) is 45.3 Å². The minimum Gasteiger partial charge on any atom is -0.490 e. The predicted molar refractivity (Wildman–Crippen MR) is 119 cm³/mol. The molecule has 0 saturated heterocycles. The lowest BCUT2D eigenvalue weighted by atomic mass is 10.0. The molecule has 0 bridgehead atoms. The minimum atomic E-state index is -0.475. The summed E-state index contributed by atoms with van der Waals surface area (Å²) in [7, 11) is 0. The number of hydrazine groups is 1. The Morgan fingerprint density at radius 1 is 0.931 bits per heavy atom. The number of hydrogen-bond donors (Lipinski definition) is 2. The number of benzene rings is 2. The lowest BCUT2D eigenvalue weighted by Gasteiger charge is -2.13. The molecule has 2 N–H and O–H groups in total. The Morgan fingerprint density at radius 3 is 2.17 bits per heavy atom. The molecular formula is C21H24Br2N2O4. The van der Waals surface area contributed by atoms with Gasteiger partial charge in [0.25, 0.3) is 11.8 Å². The van der Waals surface area contributed by atoms with E-state index in [4.69, 9.17) is 9.47 Å². The summed E-state index contributed by atoms with van der Waals surface area (Å²) in [4.78, 5) is 24.2. The molecular weight excluding hydrogens is 504 g/mol. The number of nitrogens with one attached hydrogen (secondary N) is 2. The number of halogens is 2. The van der Waals surface area contributed by atoms with Gasteiger partial charge in [-0.15, -0.1) is 0 Å². The predicted octanol–water partition coefficient (Wildman–Crippen LogP) is 4.96. The monoisotopic (exact) mass is 526 g/mol. The standard InChI is InChI=1S/C21H24Br2N2O4/c1-12(2)14-5-7-18(16(22)9-14)28-11-20(26)24-25-21(27)15-6-8-19(17(23)10-15)29-13(3)4/h5-10,12-13H,11H2,1-4H3,(H,24,26)(H,25,27). The second kappa shape index (κ2) is 10.6. The fourth-order valence-corrected chi connectivity index (χ4v) is 3.35. The van der Waals surface area contributed by atoms with Crippen LogP contribution in [0.2, 0.25) is 0 Å². The summed E-state index contributed by atoms with van der Waals surface area (Å²) in [6, 6.07) is 10.7. The van der Waals surface area contributed by atoms with Crippen molar-refractivity contribution < 1.29 is 19.1 Å². The van der Waals surface area contributed by atoms with E-state index in [-0.39, 0.29) is 12.7 Å². The molecule has 0 atom stereocenters. The van der Waals surface area contributed by atoms with Gasteiger partial charge < -0.3 is 9.47 Å². The Kier molecular flexibility index (Phi) is 8.52. The molecule has 0 aromatic heterocycles. The summed E-state index contributed by atoms with van der Waals surface area (Å²) in [5.74, 6) is 0.670. The quantitative estimate of drug-likeness (QED) is 0.499. The molecule has 0 aliphatic rings. The van der Waals surface area contributed by atoms with Gasteiger partial charge in [0.1, 0.15) is 11.5 Å². The van der Waals surface area contributed by atoms with E-state index < -0.39 is 11.8 Å². The Morgan fingerprint density at radius 2 is 1.59 bits per heavy atom. The van der Waals surface area contributed by atoms with E-state index >= 15 is 0 Å². The summed E-state index contributed by atoms with van der Waals surface area (Å²) in [5, 5.41) is 0. The van der Waals surface area contributed by atoms with Gasteiger partial charge in [0.05, 0.1) is 15.0 Å². The molecule has 0 radical (unpaired) electrons. The molecule has 2 rings (SSSR count). The van der Waals surface area contributed by atoms with Gasteiger partial charge in [0.2, 0.25) is 0 Å². The third-order valence-electron chi connectivity index (χ3n) is 3.85. The Labute approximate surface area is 187 Å². The highest BCUT2D eigenvalue weighted by Crippen LogP contribution is 2.29. The van der Waals surface area contributed by atoms with E-state index in [9.17, 15) is 9.59 Å². The Balaban J connectivity index is 1.86. The summed E-state index contributed by atoms with van der Waals surface area (Å²) >= 11 is 6.82. The van der Waals surface area contributed by atoms with Crippen LogP contribution in [-0.4, -0.2) is 24.5 Å². The second-order valence-electron chi connectivity index (χ2n) is 6.95. The van der Waals surface area contributed by atoms with E-state index in [1.165, 1.54) is 0 Å².